The van der Waals surface area contributed by atoms with E-state index in [9.17, 15) is 0 Å². The van der Waals surface area contributed by atoms with E-state index < -0.39 is 0 Å². The van der Waals surface area contributed by atoms with Crippen LogP contribution in [-0.2, 0) is 30.7 Å². The van der Waals surface area contributed by atoms with Crippen LogP contribution in [0.4, 0.5) is 0 Å². The summed E-state index contributed by atoms with van der Waals surface area (Å²) in [5.74, 6) is 6.00. The Kier molecular flexibility index (Phi) is 16.9. The maximum absolute atomic E-state index is 3.34. The summed E-state index contributed by atoms with van der Waals surface area (Å²) in [5, 5.41) is 5.07. The largest absolute Gasteiger partial charge is 0.183 e. The summed E-state index contributed by atoms with van der Waals surface area (Å²) in [6, 6.07) is 44.0. The molecule has 0 saturated heterocycles. The molecule has 3 heteroatoms. The first-order valence-corrected chi connectivity index (χ1v) is 21.1. The normalized spacial score (nSPS) is 23.3. The molecule has 2 saturated carbocycles. The van der Waals surface area contributed by atoms with Crippen molar-refractivity contribution < 1.29 is 24.2 Å². The van der Waals surface area contributed by atoms with Crippen LogP contribution >= 0.6 is 24.8 Å². The van der Waals surface area contributed by atoms with Crippen molar-refractivity contribution in [3.63, 3.8) is 0 Å². The van der Waals surface area contributed by atoms with Crippen molar-refractivity contribution in [1.29, 1.82) is 0 Å². The summed E-state index contributed by atoms with van der Waals surface area (Å²) < 4.78 is 3.34. The van der Waals surface area contributed by atoms with Crippen molar-refractivity contribution in [2.24, 2.45) is 29.1 Å². The van der Waals surface area contributed by atoms with Crippen molar-refractivity contribution >= 4 is 50.6 Å². The molecule has 5 aromatic carbocycles. The first kappa shape index (κ1) is 43.8. The fourth-order valence-corrected chi connectivity index (χ4v) is 9.49. The van der Waals surface area contributed by atoms with Crippen molar-refractivity contribution in [3.05, 3.63) is 174 Å². The molecule has 282 valence electrons. The third-order valence-electron chi connectivity index (χ3n) is 12.7. The monoisotopic (exact) mass is 828 g/mol. The summed E-state index contributed by atoms with van der Waals surface area (Å²) >= 11 is 1.30. The van der Waals surface area contributed by atoms with Gasteiger partial charge in [0.05, 0.1) is 0 Å². The predicted octanol–water partition coefficient (Wildman–Crippen LogP) is 14.1. The minimum Gasteiger partial charge on any atom is -0.183 e. The van der Waals surface area contributed by atoms with Crippen LogP contribution in [0.2, 0.25) is 0 Å². The molecule has 0 spiro atoms. The van der Waals surface area contributed by atoms with E-state index in [0.717, 1.165) is 36.0 Å². The standard InChI is InChI=1S/C25H33.2C10H7.C5H5.CH2.2ClH.Zr/c1-15-13-21-19-11-7-8-12-20(19)24-18-10-6-5-9-17(18)14-22(24)23(21)16(2)25(15,3)4;2*1-2-6-10-8-4-3-7-9(10)5-1;1-2-4-5-3-1;;;;/h5-6,9-10,15,19-21,24H,7-8,11-14H2,1-4H3;2*1-3,5-8H;1-3H,4H2;1H2;2*1H;/q4*-1;;;;. The Morgan fingerprint density at radius 1 is 0.741 bits per heavy atom. The third-order valence-corrected chi connectivity index (χ3v) is 12.7. The Balaban J connectivity index is 0.000000185. The fraction of sp³-hybridized carbons (Fsp3) is 0.333. The minimum atomic E-state index is 0. The van der Waals surface area contributed by atoms with Crippen molar-refractivity contribution in [1.82, 2.24) is 0 Å². The summed E-state index contributed by atoms with van der Waals surface area (Å²) in [7, 11) is 0. The molecule has 2 fully saturated rings. The third kappa shape index (κ3) is 9.70. The molecular formula is C51H56Cl2Zr-4. The van der Waals surface area contributed by atoms with E-state index in [2.05, 4.69) is 117 Å². The molecule has 0 amide bonds. The van der Waals surface area contributed by atoms with Crippen LogP contribution in [0, 0.1) is 53.2 Å². The van der Waals surface area contributed by atoms with E-state index in [4.69, 9.17) is 0 Å². The van der Waals surface area contributed by atoms with Gasteiger partial charge in [-0.1, -0.05) is 135 Å². The van der Waals surface area contributed by atoms with Crippen molar-refractivity contribution in [3.8, 4) is 0 Å². The molecule has 0 N–H and O–H groups in total. The van der Waals surface area contributed by atoms with Crippen molar-refractivity contribution in [2.75, 3.05) is 0 Å². The van der Waals surface area contributed by atoms with Gasteiger partial charge in [0, 0.05) is 0 Å². The van der Waals surface area contributed by atoms with Gasteiger partial charge in [-0.25, -0.2) is 29.2 Å². The van der Waals surface area contributed by atoms with E-state index in [-0.39, 0.29) is 24.8 Å². The first-order chi connectivity index (χ1) is 25.4. The van der Waals surface area contributed by atoms with Gasteiger partial charge in [0.1, 0.15) is 0 Å². The molecule has 0 aliphatic heterocycles. The van der Waals surface area contributed by atoms with Gasteiger partial charge in [-0.3, -0.25) is 6.08 Å². The Morgan fingerprint density at radius 3 is 1.83 bits per heavy atom. The molecule has 5 atom stereocenters. The molecule has 5 unspecified atom stereocenters. The Bertz CT molecular complexity index is 1810. The van der Waals surface area contributed by atoms with Crippen LogP contribution in [0.15, 0.2) is 139 Å². The summed E-state index contributed by atoms with van der Waals surface area (Å²) in [6.45, 7) is 9.99. The van der Waals surface area contributed by atoms with Gasteiger partial charge in [-0.2, -0.15) is 54.6 Å². The minimum absolute atomic E-state index is 0. The molecular weight excluding hydrogens is 775 g/mol. The molecule has 10 rings (SSSR count). The molecule has 0 aromatic heterocycles. The van der Waals surface area contributed by atoms with Crippen LogP contribution in [0.5, 0.6) is 0 Å². The van der Waals surface area contributed by atoms with Gasteiger partial charge < -0.3 is 0 Å². The number of benzene rings is 5. The Morgan fingerprint density at radius 2 is 1.30 bits per heavy atom. The van der Waals surface area contributed by atoms with Crippen LogP contribution in [0.25, 0.3) is 21.5 Å². The maximum atomic E-state index is 3.34. The predicted molar refractivity (Wildman–Crippen MR) is 234 cm³/mol. The molecule has 0 radical (unpaired) electrons. The zero-order valence-electron chi connectivity index (χ0n) is 32.5. The Labute approximate surface area is 353 Å². The first-order valence-electron chi connectivity index (χ1n) is 19.4. The SMILES string of the molecule is C[C-]1C2=C3Cc4ccccc4C3C3CCCCC3C2CC(C)C1(C)C.Cl.Cl.[C-]1=CC=CC1.[CH2]=[Zr].[c-]1ccc2ccccc2c1.[c-]1ccc2ccccc2c1. The average Bonchev–Trinajstić information content (AvgIpc) is 3.92. The number of rotatable bonds is 0. The Hall–Kier alpha value is -2.96. The summed E-state index contributed by atoms with van der Waals surface area (Å²) in [6.07, 6.45) is 18.5. The van der Waals surface area contributed by atoms with Gasteiger partial charge in [-0.15, -0.1) is 71.8 Å². The van der Waals surface area contributed by atoms with Crippen LogP contribution < -0.4 is 0 Å². The van der Waals surface area contributed by atoms with Gasteiger partial charge in [-0.05, 0) is 30.6 Å². The summed E-state index contributed by atoms with van der Waals surface area (Å²) in [4.78, 5) is 0. The van der Waals surface area contributed by atoms with Crippen LogP contribution in [0.1, 0.15) is 83.3 Å². The second kappa shape index (κ2) is 20.8. The number of hydrogen-bond acceptors (Lipinski definition) is 0. The van der Waals surface area contributed by atoms with E-state index in [0.29, 0.717) is 5.41 Å². The van der Waals surface area contributed by atoms with E-state index >= 15 is 0 Å². The van der Waals surface area contributed by atoms with E-state index in [1.807, 2.05) is 71.8 Å². The second-order valence-corrected chi connectivity index (χ2v) is 15.5. The maximum Gasteiger partial charge on any atom is -0.0648 e. The zero-order chi connectivity index (χ0) is 36.5. The summed E-state index contributed by atoms with van der Waals surface area (Å²) in [5.41, 5.74) is 7.35. The molecule has 5 aliphatic rings. The molecule has 54 heavy (non-hydrogen) atoms. The number of fused-ring (bicyclic) bond motifs is 9. The smallest absolute Gasteiger partial charge is 0.0648 e. The molecule has 0 nitrogen and oxygen atoms in total. The fourth-order valence-electron chi connectivity index (χ4n) is 9.49. The van der Waals surface area contributed by atoms with E-state index in [1.165, 1.54) is 84.3 Å². The molecule has 5 aromatic rings. The van der Waals surface area contributed by atoms with Gasteiger partial charge in [0.25, 0.3) is 0 Å². The topological polar surface area (TPSA) is 0 Å². The van der Waals surface area contributed by atoms with Gasteiger partial charge in [0.2, 0.25) is 0 Å². The molecule has 0 heterocycles. The molecule has 5 aliphatic carbocycles. The van der Waals surface area contributed by atoms with Crippen LogP contribution in [0.3, 0.4) is 0 Å². The van der Waals surface area contributed by atoms with Gasteiger partial charge >= 0.3 is 28.4 Å². The van der Waals surface area contributed by atoms with Crippen LogP contribution in [-0.4, -0.2) is 4.21 Å². The number of allylic oxidation sites excluding steroid dienone is 6. The number of halogens is 2. The zero-order valence-corrected chi connectivity index (χ0v) is 36.6. The quantitative estimate of drug-likeness (QED) is 0.136. The molecule has 0 bridgehead atoms. The van der Waals surface area contributed by atoms with E-state index in [1.54, 1.807) is 17.0 Å². The average molecular weight is 831 g/mol. The number of hydrogen-bond donors (Lipinski definition) is 0. The van der Waals surface area contributed by atoms with Gasteiger partial charge in [0.15, 0.2) is 0 Å². The second-order valence-electron chi connectivity index (χ2n) is 15.5. The van der Waals surface area contributed by atoms with Crippen molar-refractivity contribution in [2.45, 2.75) is 78.6 Å².